The second-order valence-electron chi connectivity index (χ2n) is 6.07. The van der Waals surface area contributed by atoms with Crippen molar-refractivity contribution in [3.8, 4) is 11.4 Å². The highest BCUT2D eigenvalue weighted by Gasteiger charge is 2.24. The third-order valence-corrected chi connectivity index (χ3v) is 4.99. The van der Waals surface area contributed by atoms with Crippen LogP contribution in [0.25, 0.3) is 11.4 Å². The van der Waals surface area contributed by atoms with E-state index >= 15 is 0 Å². The number of nitrogens with zero attached hydrogens (tertiary/aromatic N) is 3. The first-order chi connectivity index (χ1) is 13.1. The van der Waals surface area contributed by atoms with Crippen molar-refractivity contribution in [2.24, 2.45) is 0 Å². The molecular formula is C19H15Cl2N5O. The molecule has 0 radical (unpaired) electrons. The van der Waals surface area contributed by atoms with Crippen LogP contribution in [0.5, 0.6) is 0 Å². The molecule has 0 saturated carbocycles. The summed E-state index contributed by atoms with van der Waals surface area (Å²) in [4.78, 5) is 25.5. The number of carbonyl (C=O) groups is 1. The molecule has 8 heteroatoms. The maximum absolute atomic E-state index is 12.3. The van der Waals surface area contributed by atoms with Crippen LogP contribution in [0.1, 0.15) is 21.6 Å². The predicted molar refractivity (Wildman–Crippen MR) is 105 cm³/mol. The van der Waals surface area contributed by atoms with Crippen LogP contribution in [0.2, 0.25) is 10.0 Å². The SMILES string of the molecule is O=C1NCCc2c(NCc3ccc(Cl)c(Cl)c3)nc(-c3cccnc3)nc21. The van der Waals surface area contributed by atoms with Gasteiger partial charge in [-0.05, 0) is 36.2 Å². The first kappa shape index (κ1) is 17.7. The van der Waals surface area contributed by atoms with Gasteiger partial charge in [-0.15, -0.1) is 0 Å². The topological polar surface area (TPSA) is 79.8 Å². The third kappa shape index (κ3) is 3.72. The maximum atomic E-state index is 12.3. The summed E-state index contributed by atoms with van der Waals surface area (Å²) >= 11 is 12.1. The highest BCUT2D eigenvalue weighted by atomic mass is 35.5. The highest BCUT2D eigenvalue weighted by molar-refractivity contribution is 6.42. The largest absolute Gasteiger partial charge is 0.366 e. The van der Waals surface area contributed by atoms with Crippen molar-refractivity contribution < 1.29 is 4.79 Å². The fourth-order valence-corrected chi connectivity index (χ4v) is 3.22. The molecule has 1 amide bonds. The molecule has 1 aliphatic heterocycles. The number of rotatable bonds is 4. The van der Waals surface area contributed by atoms with E-state index in [1.165, 1.54) is 0 Å². The Kier molecular flexibility index (Phi) is 4.92. The van der Waals surface area contributed by atoms with Crippen LogP contribution in [0.3, 0.4) is 0 Å². The van der Waals surface area contributed by atoms with Gasteiger partial charge in [0.1, 0.15) is 11.5 Å². The summed E-state index contributed by atoms with van der Waals surface area (Å²) in [7, 11) is 0. The molecule has 0 fully saturated rings. The molecule has 27 heavy (non-hydrogen) atoms. The number of carbonyl (C=O) groups excluding carboxylic acids is 1. The van der Waals surface area contributed by atoms with Crippen molar-refractivity contribution >= 4 is 34.9 Å². The number of nitrogens with one attached hydrogen (secondary N) is 2. The Morgan fingerprint density at radius 3 is 2.81 bits per heavy atom. The Balaban J connectivity index is 1.71. The van der Waals surface area contributed by atoms with Crippen LogP contribution >= 0.6 is 23.2 Å². The number of hydrogen-bond acceptors (Lipinski definition) is 5. The zero-order valence-corrected chi connectivity index (χ0v) is 15.7. The summed E-state index contributed by atoms with van der Waals surface area (Å²) in [6, 6.07) is 9.12. The first-order valence-electron chi connectivity index (χ1n) is 8.39. The molecule has 6 nitrogen and oxygen atoms in total. The molecular weight excluding hydrogens is 385 g/mol. The molecule has 2 aromatic heterocycles. The van der Waals surface area contributed by atoms with Gasteiger partial charge in [0.2, 0.25) is 0 Å². The lowest BCUT2D eigenvalue weighted by atomic mass is 10.1. The van der Waals surface area contributed by atoms with Gasteiger partial charge in [0.25, 0.3) is 5.91 Å². The average Bonchev–Trinajstić information content (AvgIpc) is 2.70. The molecule has 2 N–H and O–H groups in total. The minimum atomic E-state index is -0.193. The van der Waals surface area contributed by atoms with Gasteiger partial charge in [-0.3, -0.25) is 9.78 Å². The summed E-state index contributed by atoms with van der Waals surface area (Å²) in [5, 5.41) is 7.15. The number of amides is 1. The van der Waals surface area contributed by atoms with E-state index in [1.54, 1.807) is 30.6 Å². The van der Waals surface area contributed by atoms with E-state index in [9.17, 15) is 4.79 Å². The van der Waals surface area contributed by atoms with Crippen molar-refractivity contribution in [3.63, 3.8) is 0 Å². The molecule has 4 rings (SSSR count). The van der Waals surface area contributed by atoms with Crippen LogP contribution in [-0.4, -0.2) is 27.4 Å². The quantitative estimate of drug-likeness (QED) is 0.698. The van der Waals surface area contributed by atoms with Crippen LogP contribution in [0, 0.1) is 0 Å². The van der Waals surface area contributed by atoms with Crippen molar-refractivity contribution in [2.45, 2.75) is 13.0 Å². The number of benzene rings is 1. The number of fused-ring (bicyclic) bond motifs is 1. The van der Waals surface area contributed by atoms with E-state index in [4.69, 9.17) is 23.2 Å². The number of anilines is 1. The second-order valence-corrected chi connectivity index (χ2v) is 6.89. The minimum Gasteiger partial charge on any atom is -0.366 e. The van der Waals surface area contributed by atoms with Gasteiger partial charge in [0, 0.05) is 36.6 Å². The summed E-state index contributed by atoms with van der Waals surface area (Å²) in [5.74, 6) is 0.900. The predicted octanol–water partition coefficient (Wildman–Crippen LogP) is 3.74. The Morgan fingerprint density at radius 2 is 2.04 bits per heavy atom. The number of halogens is 2. The summed E-state index contributed by atoms with van der Waals surface area (Å²) < 4.78 is 0. The molecule has 0 unspecified atom stereocenters. The molecule has 3 heterocycles. The molecule has 3 aromatic rings. The maximum Gasteiger partial charge on any atom is 0.270 e. The third-order valence-electron chi connectivity index (χ3n) is 4.25. The lowest BCUT2D eigenvalue weighted by molar-refractivity contribution is 0.0940. The average molecular weight is 400 g/mol. The lowest BCUT2D eigenvalue weighted by Crippen LogP contribution is -2.34. The summed E-state index contributed by atoms with van der Waals surface area (Å²) in [6.07, 6.45) is 4.02. The summed E-state index contributed by atoms with van der Waals surface area (Å²) in [5.41, 5.74) is 2.91. The Morgan fingerprint density at radius 1 is 1.15 bits per heavy atom. The smallest absolute Gasteiger partial charge is 0.270 e. The van der Waals surface area contributed by atoms with E-state index < -0.39 is 0 Å². The van der Waals surface area contributed by atoms with Crippen molar-refractivity contribution in [3.05, 3.63) is 69.6 Å². The second kappa shape index (κ2) is 7.50. The molecule has 0 bridgehead atoms. The van der Waals surface area contributed by atoms with E-state index in [1.807, 2.05) is 12.1 Å². The van der Waals surface area contributed by atoms with E-state index in [2.05, 4.69) is 25.6 Å². The highest BCUT2D eigenvalue weighted by Crippen LogP contribution is 2.26. The Labute approximate surface area is 166 Å². The number of pyridine rings is 1. The first-order valence-corrected chi connectivity index (χ1v) is 9.15. The molecule has 0 aliphatic carbocycles. The number of hydrogen-bond donors (Lipinski definition) is 2. The number of aromatic nitrogens is 3. The van der Waals surface area contributed by atoms with E-state index in [0.717, 1.165) is 16.7 Å². The van der Waals surface area contributed by atoms with E-state index in [-0.39, 0.29) is 5.91 Å². The Bertz CT molecular complexity index is 1010. The van der Waals surface area contributed by atoms with Crippen molar-refractivity contribution in [1.29, 1.82) is 0 Å². The van der Waals surface area contributed by atoms with Gasteiger partial charge in [0.15, 0.2) is 5.82 Å². The van der Waals surface area contributed by atoms with Crippen molar-refractivity contribution in [1.82, 2.24) is 20.3 Å². The monoisotopic (exact) mass is 399 g/mol. The molecule has 136 valence electrons. The van der Waals surface area contributed by atoms with Crippen LogP contribution < -0.4 is 10.6 Å². The van der Waals surface area contributed by atoms with Crippen LogP contribution in [0.15, 0.2) is 42.7 Å². The van der Waals surface area contributed by atoms with Gasteiger partial charge in [0.05, 0.1) is 10.0 Å². The fourth-order valence-electron chi connectivity index (χ4n) is 2.90. The fraction of sp³-hybridized carbons (Fsp3) is 0.158. The van der Waals surface area contributed by atoms with Gasteiger partial charge in [-0.1, -0.05) is 29.3 Å². The standard InChI is InChI=1S/C19H15Cl2N5O/c20-14-4-3-11(8-15(14)21)9-24-18-13-5-7-23-19(27)16(13)25-17(26-18)12-2-1-6-22-10-12/h1-4,6,8,10H,5,7,9H2,(H,23,27)(H,24,25,26). The molecule has 0 spiro atoms. The van der Waals surface area contributed by atoms with Crippen LogP contribution in [0.4, 0.5) is 5.82 Å². The molecule has 0 saturated heterocycles. The normalized spacial score (nSPS) is 13.0. The molecule has 1 aliphatic rings. The van der Waals surface area contributed by atoms with E-state index in [0.29, 0.717) is 46.9 Å². The zero-order valence-electron chi connectivity index (χ0n) is 14.2. The van der Waals surface area contributed by atoms with Gasteiger partial charge in [-0.2, -0.15) is 0 Å². The molecule has 1 aromatic carbocycles. The van der Waals surface area contributed by atoms with Gasteiger partial charge < -0.3 is 10.6 Å². The molecule has 0 atom stereocenters. The van der Waals surface area contributed by atoms with Crippen LogP contribution in [-0.2, 0) is 13.0 Å². The lowest BCUT2D eigenvalue weighted by Gasteiger charge is -2.20. The van der Waals surface area contributed by atoms with Gasteiger partial charge in [-0.25, -0.2) is 9.97 Å². The summed E-state index contributed by atoms with van der Waals surface area (Å²) in [6.45, 7) is 1.05. The minimum absolute atomic E-state index is 0.193. The van der Waals surface area contributed by atoms with Crippen molar-refractivity contribution in [2.75, 3.05) is 11.9 Å². The zero-order chi connectivity index (χ0) is 18.8. The Hall–Kier alpha value is -2.70. The van der Waals surface area contributed by atoms with Gasteiger partial charge >= 0.3 is 0 Å².